The van der Waals surface area contributed by atoms with Gasteiger partial charge in [0.15, 0.2) is 11.6 Å². The number of phenolic OH excluding ortho intramolecular Hbond substituents is 2. The number of halogens is 7. The van der Waals surface area contributed by atoms with Crippen molar-refractivity contribution in [3.8, 4) is 23.0 Å². The molecule has 124 valence electrons. The molecule has 0 amide bonds. The van der Waals surface area contributed by atoms with Crippen LogP contribution in [0.1, 0.15) is 5.56 Å². The van der Waals surface area contributed by atoms with Crippen LogP contribution in [-0.2, 0) is 6.18 Å². The van der Waals surface area contributed by atoms with E-state index in [9.17, 15) is 30.7 Å². The minimum absolute atomic E-state index is 0.631. The van der Waals surface area contributed by atoms with Crippen LogP contribution in [0.2, 0.25) is 0 Å². The summed E-state index contributed by atoms with van der Waals surface area (Å²) in [5, 5.41) is 18.3. The Kier molecular flexibility index (Phi) is 4.01. The summed E-state index contributed by atoms with van der Waals surface area (Å²) in [7, 11) is 0. The lowest BCUT2D eigenvalue weighted by Crippen LogP contribution is -2.15. The van der Waals surface area contributed by atoms with Crippen LogP contribution < -0.4 is 4.74 Å². The van der Waals surface area contributed by atoms with Gasteiger partial charge in [-0.05, 0) is 0 Å². The van der Waals surface area contributed by atoms with Crippen molar-refractivity contribution in [3.63, 3.8) is 0 Å². The fourth-order valence-corrected chi connectivity index (χ4v) is 1.69. The molecule has 0 aliphatic heterocycles. The van der Waals surface area contributed by atoms with Gasteiger partial charge in [0.05, 0.1) is 0 Å². The van der Waals surface area contributed by atoms with Gasteiger partial charge < -0.3 is 14.9 Å². The highest BCUT2D eigenvalue weighted by molar-refractivity contribution is 5.44. The molecule has 23 heavy (non-hydrogen) atoms. The van der Waals surface area contributed by atoms with Crippen LogP contribution in [0, 0.1) is 23.3 Å². The zero-order valence-corrected chi connectivity index (χ0v) is 10.7. The van der Waals surface area contributed by atoms with Crippen molar-refractivity contribution in [1.29, 1.82) is 0 Å². The molecule has 2 aromatic carbocycles. The standard InChI is InChI=1S/C13H5F7O3/c14-8-7(13(18,19)20)9(15)11(17)12(10(8)16)23-6-2-4(21)1-5(22)3-6/h1-3,21-22H. The number of aromatic hydroxyl groups is 2. The lowest BCUT2D eigenvalue weighted by molar-refractivity contribution is -0.143. The summed E-state index contributed by atoms with van der Waals surface area (Å²) < 4.78 is 95.6. The first-order valence-corrected chi connectivity index (χ1v) is 5.66. The number of rotatable bonds is 2. The molecule has 2 aromatic rings. The van der Waals surface area contributed by atoms with E-state index in [1.54, 1.807) is 0 Å². The molecule has 0 aliphatic rings. The van der Waals surface area contributed by atoms with E-state index >= 15 is 0 Å². The van der Waals surface area contributed by atoms with Crippen LogP contribution in [-0.4, -0.2) is 10.2 Å². The normalized spacial score (nSPS) is 11.6. The predicted octanol–water partition coefficient (Wildman–Crippen LogP) is 4.47. The topological polar surface area (TPSA) is 49.7 Å². The van der Waals surface area contributed by atoms with Crippen molar-refractivity contribution in [1.82, 2.24) is 0 Å². The van der Waals surface area contributed by atoms with E-state index in [1.807, 2.05) is 0 Å². The molecular weight excluding hydrogens is 337 g/mol. The lowest BCUT2D eigenvalue weighted by Gasteiger charge is -2.14. The minimum Gasteiger partial charge on any atom is -0.508 e. The zero-order chi connectivity index (χ0) is 17.5. The van der Waals surface area contributed by atoms with Crippen molar-refractivity contribution in [2.45, 2.75) is 6.18 Å². The van der Waals surface area contributed by atoms with Gasteiger partial charge in [0.1, 0.15) is 22.8 Å². The Balaban J connectivity index is 2.61. The van der Waals surface area contributed by atoms with E-state index in [1.165, 1.54) is 0 Å². The number of hydrogen-bond donors (Lipinski definition) is 2. The average Bonchev–Trinajstić information content (AvgIpc) is 2.39. The lowest BCUT2D eigenvalue weighted by atomic mass is 10.1. The van der Waals surface area contributed by atoms with Gasteiger partial charge in [-0.25, -0.2) is 8.78 Å². The van der Waals surface area contributed by atoms with Crippen LogP contribution in [0.3, 0.4) is 0 Å². The van der Waals surface area contributed by atoms with Gasteiger partial charge in [-0.15, -0.1) is 0 Å². The third-order valence-electron chi connectivity index (χ3n) is 2.60. The molecule has 0 saturated carbocycles. The monoisotopic (exact) mass is 342 g/mol. The molecule has 0 radical (unpaired) electrons. The highest BCUT2D eigenvalue weighted by Gasteiger charge is 2.42. The van der Waals surface area contributed by atoms with E-state index in [0.717, 1.165) is 6.07 Å². The van der Waals surface area contributed by atoms with E-state index in [-0.39, 0.29) is 0 Å². The number of ether oxygens (including phenoxy) is 1. The van der Waals surface area contributed by atoms with Gasteiger partial charge in [0, 0.05) is 18.2 Å². The van der Waals surface area contributed by atoms with E-state index in [0.29, 0.717) is 12.1 Å². The fraction of sp³-hybridized carbons (Fsp3) is 0.0769. The number of hydrogen-bond acceptors (Lipinski definition) is 3. The van der Waals surface area contributed by atoms with Crippen molar-refractivity contribution >= 4 is 0 Å². The third kappa shape index (κ3) is 3.10. The van der Waals surface area contributed by atoms with Gasteiger partial charge in [0.25, 0.3) is 0 Å². The Bertz CT molecular complexity index is 722. The highest BCUT2D eigenvalue weighted by Crippen LogP contribution is 2.41. The molecule has 0 saturated heterocycles. The summed E-state index contributed by atoms with van der Waals surface area (Å²) in [6, 6.07) is 2.20. The van der Waals surface area contributed by atoms with Gasteiger partial charge >= 0.3 is 6.18 Å². The Morgan fingerprint density at radius 3 is 1.57 bits per heavy atom. The second-order valence-electron chi connectivity index (χ2n) is 4.24. The maximum absolute atomic E-state index is 13.6. The Morgan fingerprint density at radius 2 is 1.17 bits per heavy atom. The summed E-state index contributed by atoms with van der Waals surface area (Å²) in [6.45, 7) is 0. The first kappa shape index (κ1) is 16.7. The summed E-state index contributed by atoms with van der Waals surface area (Å²) in [4.78, 5) is 0. The smallest absolute Gasteiger partial charge is 0.422 e. The Hall–Kier alpha value is -2.65. The van der Waals surface area contributed by atoms with Gasteiger partial charge in [-0.2, -0.15) is 22.0 Å². The van der Waals surface area contributed by atoms with Gasteiger partial charge in [-0.1, -0.05) is 0 Å². The van der Waals surface area contributed by atoms with Crippen LogP contribution in [0.25, 0.3) is 0 Å². The van der Waals surface area contributed by atoms with Crippen LogP contribution in [0.15, 0.2) is 18.2 Å². The summed E-state index contributed by atoms with van der Waals surface area (Å²) >= 11 is 0. The summed E-state index contributed by atoms with van der Waals surface area (Å²) in [6.07, 6.45) is -5.67. The summed E-state index contributed by atoms with van der Waals surface area (Å²) in [5.74, 6) is -13.9. The van der Waals surface area contributed by atoms with Crippen LogP contribution >= 0.6 is 0 Å². The molecule has 0 fully saturated rings. The van der Waals surface area contributed by atoms with E-state index < -0.39 is 58.0 Å². The molecule has 0 aromatic heterocycles. The first-order valence-electron chi connectivity index (χ1n) is 5.66. The molecule has 2 rings (SSSR count). The predicted molar refractivity (Wildman–Crippen MR) is 61.1 cm³/mol. The zero-order valence-electron chi connectivity index (χ0n) is 10.7. The van der Waals surface area contributed by atoms with E-state index in [2.05, 4.69) is 4.74 Å². The quantitative estimate of drug-likeness (QED) is 0.626. The molecule has 0 unspecified atom stereocenters. The summed E-state index contributed by atoms with van der Waals surface area (Å²) in [5.41, 5.74) is -2.74. The van der Waals surface area contributed by atoms with Crippen LogP contribution in [0.5, 0.6) is 23.0 Å². The largest absolute Gasteiger partial charge is 0.508 e. The number of phenols is 2. The van der Waals surface area contributed by atoms with Crippen molar-refractivity contribution in [2.24, 2.45) is 0 Å². The maximum atomic E-state index is 13.6. The Labute approximate surface area is 123 Å². The third-order valence-corrected chi connectivity index (χ3v) is 2.60. The first-order chi connectivity index (χ1) is 10.5. The van der Waals surface area contributed by atoms with Gasteiger partial charge in [-0.3, -0.25) is 0 Å². The molecule has 0 heterocycles. The molecular formula is C13H5F7O3. The number of alkyl halides is 3. The molecule has 2 N–H and O–H groups in total. The fourth-order valence-electron chi connectivity index (χ4n) is 1.69. The minimum atomic E-state index is -5.67. The molecule has 0 atom stereocenters. The average molecular weight is 342 g/mol. The Morgan fingerprint density at radius 1 is 0.739 bits per heavy atom. The second kappa shape index (κ2) is 5.52. The second-order valence-corrected chi connectivity index (χ2v) is 4.24. The van der Waals surface area contributed by atoms with Crippen molar-refractivity contribution in [2.75, 3.05) is 0 Å². The molecule has 10 heteroatoms. The maximum Gasteiger partial charge on any atom is 0.422 e. The molecule has 0 bridgehead atoms. The molecule has 0 spiro atoms. The van der Waals surface area contributed by atoms with Crippen LogP contribution in [0.4, 0.5) is 30.7 Å². The molecule has 3 nitrogen and oxygen atoms in total. The van der Waals surface area contributed by atoms with Crippen molar-refractivity contribution in [3.05, 3.63) is 47.0 Å². The molecule has 0 aliphatic carbocycles. The highest BCUT2D eigenvalue weighted by atomic mass is 19.4. The van der Waals surface area contributed by atoms with Crippen molar-refractivity contribution < 1.29 is 45.7 Å². The SMILES string of the molecule is Oc1cc(O)cc(Oc2c(F)c(F)c(C(F)(F)F)c(F)c2F)c1. The number of benzene rings is 2. The van der Waals surface area contributed by atoms with Gasteiger partial charge in [0.2, 0.25) is 17.4 Å². The van der Waals surface area contributed by atoms with E-state index in [4.69, 9.17) is 10.2 Å².